The molecule has 3 aromatic rings. The lowest BCUT2D eigenvalue weighted by Crippen LogP contribution is -2.12. The number of aromatic amines is 1. The molecule has 0 fully saturated rings. The first-order valence-corrected chi connectivity index (χ1v) is 7.07. The number of anilines is 1. The van der Waals surface area contributed by atoms with Crippen molar-refractivity contribution in [1.82, 2.24) is 14.8 Å². The summed E-state index contributed by atoms with van der Waals surface area (Å²) < 4.78 is 1.67. The van der Waals surface area contributed by atoms with Crippen LogP contribution in [0.5, 0.6) is 0 Å². The van der Waals surface area contributed by atoms with Crippen LogP contribution in [-0.4, -0.2) is 20.7 Å². The number of hydrogen-bond donors (Lipinski definition) is 2. The van der Waals surface area contributed by atoms with E-state index in [4.69, 9.17) is 0 Å². The van der Waals surface area contributed by atoms with Gasteiger partial charge in [0.05, 0.1) is 0 Å². The Kier molecular flexibility index (Phi) is 3.73. The third-order valence-corrected chi connectivity index (χ3v) is 3.51. The van der Waals surface area contributed by atoms with Crippen LogP contribution < -0.4 is 5.32 Å². The lowest BCUT2D eigenvalue weighted by Gasteiger charge is -2.02. The van der Waals surface area contributed by atoms with Gasteiger partial charge in [-0.25, -0.2) is 0 Å². The van der Waals surface area contributed by atoms with E-state index in [0.29, 0.717) is 12.2 Å². The molecule has 0 bridgehead atoms. The zero-order valence-electron chi connectivity index (χ0n) is 12.0. The molecule has 1 amide bonds. The second kappa shape index (κ2) is 5.83. The maximum absolute atomic E-state index is 11.8. The van der Waals surface area contributed by atoms with Crippen LogP contribution in [-0.2, 0) is 18.3 Å². The fourth-order valence-electron chi connectivity index (χ4n) is 2.46. The predicted molar refractivity (Wildman–Crippen MR) is 83.1 cm³/mol. The van der Waals surface area contributed by atoms with E-state index in [1.807, 2.05) is 31.6 Å². The van der Waals surface area contributed by atoms with Crippen LogP contribution in [0.4, 0.5) is 5.82 Å². The number of fused-ring (bicyclic) bond motifs is 1. The molecule has 3 rings (SSSR count). The van der Waals surface area contributed by atoms with Gasteiger partial charge in [-0.2, -0.15) is 5.10 Å². The van der Waals surface area contributed by atoms with Crippen molar-refractivity contribution in [1.29, 1.82) is 0 Å². The van der Waals surface area contributed by atoms with Crippen LogP contribution in [0.15, 0.2) is 42.7 Å². The number of para-hydroxylation sites is 1. The van der Waals surface area contributed by atoms with E-state index in [1.165, 1.54) is 10.9 Å². The number of carbonyl (C=O) groups is 1. The van der Waals surface area contributed by atoms with E-state index in [9.17, 15) is 4.79 Å². The molecule has 5 heteroatoms. The molecule has 0 radical (unpaired) electrons. The standard InChI is InChI=1S/C16H18N4O/c1-20-10-9-15(19-20)18-16(21)8-4-5-12-11-17-14-7-3-2-6-13(12)14/h2-3,6-7,9-11,17H,4-5,8H2,1H3,(H,18,19,21). The third kappa shape index (κ3) is 3.13. The minimum absolute atomic E-state index is 0.00791. The van der Waals surface area contributed by atoms with E-state index in [-0.39, 0.29) is 5.91 Å². The number of nitrogens with zero attached hydrogens (tertiary/aromatic N) is 2. The highest BCUT2D eigenvalue weighted by Gasteiger charge is 2.06. The molecule has 5 nitrogen and oxygen atoms in total. The van der Waals surface area contributed by atoms with Crippen molar-refractivity contribution >= 4 is 22.6 Å². The number of hydrogen-bond acceptors (Lipinski definition) is 2. The molecule has 0 unspecified atom stereocenters. The SMILES string of the molecule is Cn1ccc(NC(=O)CCCc2c[nH]c3ccccc23)n1. The van der Waals surface area contributed by atoms with Crippen LogP contribution in [0.3, 0.4) is 0 Å². The lowest BCUT2D eigenvalue weighted by atomic mass is 10.1. The van der Waals surface area contributed by atoms with E-state index >= 15 is 0 Å². The summed E-state index contributed by atoms with van der Waals surface area (Å²) in [5, 5.41) is 8.17. The second-order valence-corrected chi connectivity index (χ2v) is 5.14. The number of aryl methyl sites for hydroxylation is 2. The minimum Gasteiger partial charge on any atom is -0.361 e. The summed E-state index contributed by atoms with van der Waals surface area (Å²) >= 11 is 0. The average Bonchev–Trinajstić information content (AvgIpc) is 3.06. The molecule has 0 saturated heterocycles. The first-order valence-electron chi connectivity index (χ1n) is 7.07. The normalized spacial score (nSPS) is 10.9. The predicted octanol–water partition coefficient (Wildman–Crippen LogP) is 2.86. The Morgan fingerprint density at radius 3 is 3.00 bits per heavy atom. The smallest absolute Gasteiger partial charge is 0.225 e. The summed E-state index contributed by atoms with van der Waals surface area (Å²) in [6, 6.07) is 10.0. The summed E-state index contributed by atoms with van der Waals surface area (Å²) in [5.41, 5.74) is 2.40. The largest absolute Gasteiger partial charge is 0.361 e. The van der Waals surface area contributed by atoms with Crippen LogP contribution in [0.1, 0.15) is 18.4 Å². The molecule has 0 aliphatic rings. The molecule has 1 aromatic carbocycles. The van der Waals surface area contributed by atoms with Gasteiger partial charge in [0.25, 0.3) is 0 Å². The number of carbonyl (C=O) groups excluding carboxylic acids is 1. The topological polar surface area (TPSA) is 62.7 Å². The quantitative estimate of drug-likeness (QED) is 0.756. The van der Waals surface area contributed by atoms with E-state index < -0.39 is 0 Å². The Labute approximate surface area is 123 Å². The molecular weight excluding hydrogens is 264 g/mol. The first kappa shape index (κ1) is 13.4. The summed E-state index contributed by atoms with van der Waals surface area (Å²) in [4.78, 5) is 15.1. The Bertz CT molecular complexity index is 756. The Balaban J connectivity index is 1.53. The molecule has 2 heterocycles. The molecule has 0 aliphatic carbocycles. The van der Waals surface area contributed by atoms with Crippen molar-refractivity contribution < 1.29 is 4.79 Å². The first-order chi connectivity index (χ1) is 10.2. The molecule has 2 aromatic heterocycles. The van der Waals surface area contributed by atoms with E-state index in [2.05, 4.69) is 27.5 Å². The van der Waals surface area contributed by atoms with Gasteiger partial charge in [-0.1, -0.05) is 18.2 Å². The van der Waals surface area contributed by atoms with Crippen molar-refractivity contribution in [3.63, 3.8) is 0 Å². The van der Waals surface area contributed by atoms with Crippen molar-refractivity contribution in [3.05, 3.63) is 48.3 Å². The highest BCUT2D eigenvalue weighted by Crippen LogP contribution is 2.19. The van der Waals surface area contributed by atoms with Crippen LogP contribution >= 0.6 is 0 Å². The van der Waals surface area contributed by atoms with Crippen molar-refractivity contribution in [2.45, 2.75) is 19.3 Å². The van der Waals surface area contributed by atoms with Crippen molar-refractivity contribution in [2.75, 3.05) is 5.32 Å². The maximum atomic E-state index is 11.8. The Hall–Kier alpha value is -2.56. The average molecular weight is 282 g/mol. The fraction of sp³-hybridized carbons (Fsp3) is 0.250. The number of benzene rings is 1. The molecule has 0 aliphatic heterocycles. The summed E-state index contributed by atoms with van der Waals surface area (Å²) in [5.74, 6) is 0.614. The highest BCUT2D eigenvalue weighted by atomic mass is 16.1. The van der Waals surface area contributed by atoms with Gasteiger partial charge >= 0.3 is 0 Å². The van der Waals surface area contributed by atoms with E-state index in [1.54, 1.807) is 10.7 Å². The van der Waals surface area contributed by atoms with Gasteiger partial charge in [-0.05, 0) is 24.5 Å². The van der Waals surface area contributed by atoms with Gasteiger partial charge < -0.3 is 10.3 Å². The minimum atomic E-state index is 0.00791. The van der Waals surface area contributed by atoms with Gasteiger partial charge in [0, 0.05) is 42.8 Å². The maximum Gasteiger partial charge on any atom is 0.225 e. The monoisotopic (exact) mass is 282 g/mol. The number of H-pyrrole nitrogens is 1. The molecule has 0 atom stereocenters. The van der Waals surface area contributed by atoms with Crippen molar-refractivity contribution in [2.24, 2.45) is 7.05 Å². The second-order valence-electron chi connectivity index (χ2n) is 5.14. The lowest BCUT2D eigenvalue weighted by molar-refractivity contribution is -0.116. The van der Waals surface area contributed by atoms with Gasteiger partial charge in [0.15, 0.2) is 5.82 Å². The van der Waals surface area contributed by atoms with Gasteiger partial charge in [-0.15, -0.1) is 0 Å². The van der Waals surface area contributed by atoms with Gasteiger partial charge in [-0.3, -0.25) is 9.48 Å². The molecule has 0 saturated carbocycles. The zero-order chi connectivity index (χ0) is 14.7. The van der Waals surface area contributed by atoms with E-state index in [0.717, 1.165) is 18.4 Å². The molecule has 0 spiro atoms. The summed E-state index contributed by atoms with van der Waals surface area (Å²) in [7, 11) is 1.83. The van der Waals surface area contributed by atoms with Crippen LogP contribution in [0, 0.1) is 0 Å². The summed E-state index contributed by atoms with van der Waals surface area (Å²) in [6.45, 7) is 0. The number of nitrogens with one attached hydrogen (secondary N) is 2. The van der Waals surface area contributed by atoms with Gasteiger partial charge in [0.2, 0.25) is 5.91 Å². The molecule has 2 N–H and O–H groups in total. The number of aromatic nitrogens is 3. The number of rotatable bonds is 5. The molecule has 21 heavy (non-hydrogen) atoms. The van der Waals surface area contributed by atoms with Gasteiger partial charge in [0.1, 0.15) is 0 Å². The fourth-order valence-corrected chi connectivity index (χ4v) is 2.46. The highest BCUT2D eigenvalue weighted by molar-refractivity contribution is 5.89. The van der Waals surface area contributed by atoms with Crippen molar-refractivity contribution in [3.8, 4) is 0 Å². The zero-order valence-corrected chi connectivity index (χ0v) is 12.0. The molecular formula is C16H18N4O. The number of amides is 1. The summed E-state index contributed by atoms with van der Waals surface area (Å²) in [6.07, 6.45) is 6.04. The Morgan fingerprint density at radius 2 is 2.19 bits per heavy atom. The van der Waals surface area contributed by atoms with Crippen LogP contribution in [0.2, 0.25) is 0 Å². The van der Waals surface area contributed by atoms with Crippen LogP contribution in [0.25, 0.3) is 10.9 Å². The third-order valence-electron chi connectivity index (χ3n) is 3.51. The molecule has 108 valence electrons. The Morgan fingerprint density at radius 1 is 1.33 bits per heavy atom.